The van der Waals surface area contributed by atoms with Crippen LogP contribution in [0.15, 0.2) is 18.2 Å². The molecule has 7 heteroatoms. The van der Waals surface area contributed by atoms with Crippen molar-refractivity contribution in [1.82, 2.24) is 0 Å². The molecule has 0 amide bonds. The molecule has 0 N–H and O–H groups in total. The van der Waals surface area contributed by atoms with Gasteiger partial charge in [0.2, 0.25) is 0 Å². The van der Waals surface area contributed by atoms with Crippen molar-refractivity contribution < 1.29 is 32.2 Å². The number of hydrogen-bond donors (Lipinski definition) is 0. The lowest BCUT2D eigenvalue weighted by molar-refractivity contribution is -0.165. The minimum atomic E-state index is -1.64. The standard InChI is InChI=1S/C20H25F3O4/c1-3-5-6-7-8-13-26-16(4-2)20(25)27-17(24)12-10-14-9-11-15(21)19(23)18(14)22/h9-12,16H,3-8,13H2,1-2H3/b12-10+. The van der Waals surface area contributed by atoms with E-state index in [0.29, 0.717) is 13.0 Å². The van der Waals surface area contributed by atoms with Crippen LogP contribution in [0.1, 0.15) is 57.9 Å². The van der Waals surface area contributed by atoms with E-state index in [-0.39, 0.29) is 5.56 Å². The summed E-state index contributed by atoms with van der Waals surface area (Å²) in [6.07, 6.45) is 6.34. The molecule has 0 saturated carbocycles. The van der Waals surface area contributed by atoms with Gasteiger partial charge in [-0.05, 0) is 31.1 Å². The lowest BCUT2D eigenvalue weighted by Gasteiger charge is -2.13. The Labute approximate surface area is 157 Å². The Balaban J connectivity index is 2.49. The summed E-state index contributed by atoms with van der Waals surface area (Å²) in [7, 11) is 0. The minimum Gasteiger partial charge on any atom is -0.388 e. The first-order valence-corrected chi connectivity index (χ1v) is 9.09. The maximum Gasteiger partial charge on any atom is 0.343 e. The molecular weight excluding hydrogens is 361 g/mol. The summed E-state index contributed by atoms with van der Waals surface area (Å²) in [6.45, 7) is 4.23. The predicted octanol–water partition coefficient (Wildman–Crippen LogP) is 4.95. The number of carbonyl (C=O) groups excluding carboxylic acids is 2. The highest BCUT2D eigenvalue weighted by molar-refractivity contribution is 5.96. The number of benzene rings is 1. The van der Waals surface area contributed by atoms with E-state index in [1.165, 1.54) is 0 Å². The monoisotopic (exact) mass is 386 g/mol. The minimum absolute atomic E-state index is 0.336. The zero-order chi connectivity index (χ0) is 20.2. The van der Waals surface area contributed by atoms with Crippen LogP contribution in [0.4, 0.5) is 13.2 Å². The highest BCUT2D eigenvalue weighted by atomic mass is 19.2. The third kappa shape index (κ3) is 7.95. The molecular formula is C20H25F3O4. The van der Waals surface area contributed by atoms with E-state index in [4.69, 9.17) is 4.74 Å². The van der Waals surface area contributed by atoms with Gasteiger partial charge in [-0.15, -0.1) is 0 Å². The predicted molar refractivity (Wildman–Crippen MR) is 95.2 cm³/mol. The van der Waals surface area contributed by atoms with Crippen molar-refractivity contribution in [1.29, 1.82) is 0 Å². The van der Waals surface area contributed by atoms with Crippen LogP contribution in [-0.2, 0) is 19.1 Å². The summed E-state index contributed by atoms with van der Waals surface area (Å²) < 4.78 is 49.6. The molecule has 0 bridgehead atoms. The molecule has 0 radical (unpaired) electrons. The molecule has 0 aliphatic carbocycles. The first-order chi connectivity index (χ1) is 12.9. The highest BCUT2D eigenvalue weighted by Crippen LogP contribution is 2.16. The number of halogens is 3. The van der Waals surface area contributed by atoms with Crippen molar-refractivity contribution in [3.05, 3.63) is 41.2 Å². The Morgan fingerprint density at radius 2 is 1.74 bits per heavy atom. The third-order valence-electron chi connectivity index (χ3n) is 3.87. The fourth-order valence-corrected chi connectivity index (χ4v) is 2.31. The average molecular weight is 386 g/mol. The SMILES string of the molecule is CCCCCCCOC(CC)C(=O)OC(=O)/C=C/c1ccc(F)c(F)c1F. The van der Waals surface area contributed by atoms with E-state index in [2.05, 4.69) is 11.7 Å². The Morgan fingerprint density at radius 3 is 2.41 bits per heavy atom. The molecule has 0 aliphatic rings. The van der Waals surface area contributed by atoms with Crippen LogP contribution in [0.2, 0.25) is 0 Å². The fourth-order valence-electron chi connectivity index (χ4n) is 2.31. The Kier molecular flexibility index (Phi) is 10.4. The summed E-state index contributed by atoms with van der Waals surface area (Å²) in [4.78, 5) is 23.6. The van der Waals surface area contributed by atoms with Gasteiger partial charge in [0.15, 0.2) is 23.6 Å². The van der Waals surface area contributed by atoms with Gasteiger partial charge in [0.05, 0.1) is 0 Å². The van der Waals surface area contributed by atoms with E-state index in [1.807, 2.05) is 0 Å². The van der Waals surface area contributed by atoms with Crippen molar-refractivity contribution in [3.63, 3.8) is 0 Å². The Bertz CT molecular complexity index is 659. The summed E-state index contributed by atoms with van der Waals surface area (Å²) in [5.74, 6) is -6.29. The van der Waals surface area contributed by atoms with E-state index >= 15 is 0 Å². The highest BCUT2D eigenvalue weighted by Gasteiger charge is 2.21. The molecule has 0 aliphatic heterocycles. The van der Waals surface area contributed by atoms with Crippen LogP contribution in [-0.4, -0.2) is 24.6 Å². The third-order valence-corrected chi connectivity index (χ3v) is 3.87. The Morgan fingerprint density at radius 1 is 1.04 bits per heavy atom. The first-order valence-electron chi connectivity index (χ1n) is 9.09. The molecule has 1 aromatic carbocycles. The topological polar surface area (TPSA) is 52.6 Å². The number of carbonyl (C=O) groups is 2. The lowest BCUT2D eigenvalue weighted by atomic mass is 10.2. The zero-order valence-electron chi connectivity index (χ0n) is 15.6. The maximum atomic E-state index is 13.5. The normalized spacial score (nSPS) is 12.3. The van der Waals surface area contributed by atoms with Crippen molar-refractivity contribution in [3.8, 4) is 0 Å². The zero-order valence-corrected chi connectivity index (χ0v) is 15.6. The van der Waals surface area contributed by atoms with E-state index in [0.717, 1.165) is 56.4 Å². The maximum absolute atomic E-state index is 13.5. The molecule has 27 heavy (non-hydrogen) atoms. The van der Waals surface area contributed by atoms with Crippen molar-refractivity contribution in [2.24, 2.45) is 0 Å². The molecule has 0 aromatic heterocycles. The van der Waals surface area contributed by atoms with Gasteiger partial charge in [0.1, 0.15) is 0 Å². The number of hydrogen-bond acceptors (Lipinski definition) is 4. The second-order valence-electron chi connectivity index (χ2n) is 6.02. The van der Waals surface area contributed by atoms with Crippen molar-refractivity contribution in [2.45, 2.75) is 58.5 Å². The van der Waals surface area contributed by atoms with Crippen LogP contribution < -0.4 is 0 Å². The molecule has 0 spiro atoms. The van der Waals surface area contributed by atoms with Crippen LogP contribution in [0, 0.1) is 17.5 Å². The number of unbranched alkanes of at least 4 members (excludes halogenated alkanes) is 4. The van der Waals surface area contributed by atoms with Crippen LogP contribution >= 0.6 is 0 Å². The van der Waals surface area contributed by atoms with Gasteiger partial charge in [-0.3, -0.25) is 0 Å². The summed E-state index contributed by atoms with van der Waals surface area (Å²) in [5.41, 5.74) is -0.339. The summed E-state index contributed by atoms with van der Waals surface area (Å²) in [6, 6.07) is 1.70. The second kappa shape index (κ2) is 12.3. The lowest BCUT2D eigenvalue weighted by Crippen LogP contribution is -2.28. The summed E-state index contributed by atoms with van der Waals surface area (Å²) in [5, 5.41) is 0. The van der Waals surface area contributed by atoms with E-state index in [9.17, 15) is 22.8 Å². The summed E-state index contributed by atoms with van der Waals surface area (Å²) >= 11 is 0. The number of ether oxygens (including phenoxy) is 2. The molecule has 150 valence electrons. The molecule has 0 fully saturated rings. The van der Waals surface area contributed by atoms with Crippen molar-refractivity contribution in [2.75, 3.05) is 6.61 Å². The molecule has 4 nitrogen and oxygen atoms in total. The van der Waals surface area contributed by atoms with Gasteiger partial charge in [0, 0.05) is 18.2 Å². The van der Waals surface area contributed by atoms with E-state index in [1.54, 1.807) is 6.92 Å². The van der Waals surface area contributed by atoms with Crippen molar-refractivity contribution >= 4 is 18.0 Å². The van der Waals surface area contributed by atoms with Crippen LogP contribution in [0.3, 0.4) is 0 Å². The van der Waals surface area contributed by atoms with Gasteiger partial charge in [-0.2, -0.15) is 0 Å². The fraction of sp³-hybridized carbons (Fsp3) is 0.500. The molecule has 1 unspecified atom stereocenters. The molecule has 0 saturated heterocycles. The number of rotatable bonds is 11. The Hall–Kier alpha value is -2.15. The van der Waals surface area contributed by atoms with Gasteiger partial charge in [-0.1, -0.05) is 39.5 Å². The second-order valence-corrected chi connectivity index (χ2v) is 6.02. The van der Waals surface area contributed by atoms with Gasteiger partial charge < -0.3 is 9.47 Å². The van der Waals surface area contributed by atoms with Gasteiger partial charge in [-0.25, -0.2) is 22.8 Å². The van der Waals surface area contributed by atoms with Gasteiger partial charge in [0.25, 0.3) is 0 Å². The molecule has 1 aromatic rings. The first kappa shape index (κ1) is 22.9. The quantitative estimate of drug-likeness (QED) is 0.177. The van der Waals surface area contributed by atoms with Crippen LogP contribution in [0.5, 0.6) is 0 Å². The average Bonchev–Trinajstić information content (AvgIpc) is 2.65. The largest absolute Gasteiger partial charge is 0.388 e. The molecule has 1 rings (SSSR count). The smallest absolute Gasteiger partial charge is 0.343 e. The van der Waals surface area contributed by atoms with Crippen LogP contribution in [0.25, 0.3) is 6.08 Å². The molecule has 1 atom stereocenters. The van der Waals surface area contributed by atoms with Gasteiger partial charge >= 0.3 is 11.9 Å². The molecule has 0 heterocycles. The van der Waals surface area contributed by atoms with E-state index < -0.39 is 35.5 Å². The number of esters is 2.